The second kappa shape index (κ2) is 13.9. The zero-order valence-corrected chi connectivity index (χ0v) is 12.5. The van der Waals surface area contributed by atoms with Crippen molar-refractivity contribution in [3.05, 3.63) is 12.2 Å². The van der Waals surface area contributed by atoms with Gasteiger partial charge in [-0.05, 0) is 19.8 Å². The summed E-state index contributed by atoms with van der Waals surface area (Å²) >= 11 is 0. The van der Waals surface area contributed by atoms with E-state index in [-0.39, 0.29) is 0 Å². The Morgan fingerprint density at radius 1 is 0.765 bits per heavy atom. The van der Waals surface area contributed by atoms with Crippen LogP contribution in [0, 0.1) is 0 Å². The van der Waals surface area contributed by atoms with Crippen molar-refractivity contribution >= 4 is 6.71 Å². The predicted molar refractivity (Wildman–Crippen MR) is 83.3 cm³/mol. The number of hydrogen-bond donors (Lipinski definition) is 0. The van der Waals surface area contributed by atoms with Gasteiger partial charge >= 0.3 is 0 Å². The molecule has 0 heterocycles. The fraction of sp³-hybridized carbons (Fsp3) is 0.875. The van der Waals surface area contributed by atoms with Crippen LogP contribution in [0.4, 0.5) is 0 Å². The Balaban J connectivity index is 3.29. The Bertz CT molecular complexity index is 157. The molecule has 0 aromatic rings. The maximum atomic E-state index is 2.32. The first kappa shape index (κ1) is 16.8. The van der Waals surface area contributed by atoms with Gasteiger partial charge in [-0.15, -0.1) is 0 Å². The average molecular weight is 236 g/mol. The van der Waals surface area contributed by atoms with Crippen LogP contribution >= 0.6 is 0 Å². The van der Waals surface area contributed by atoms with Gasteiger partial charge in [-0.25, -0.2) is 0 Å². The first-order valence-corrected chi connectivity index (χ1v) is 7.96. The van der Waals surface area contributed by atoms with Gasteiger partial charge < -0.3 is 0 Å². The quantitative estimate of drug-likeness (QED) is 0.214. The first-order chi connectivity index (χ1) is 8.35. The fourth-order valence-corrected chi connectivity index (χ4v) is 2.64. The van der Waals surface area contributed by atoms with Gasteiger partial charge in [0.25, 0.3) is 0 Å². The van der Waals surface area contributed by atoms with Crippen LogP contribution in [0.15, 0.2) is 12.2 Å². The summed E-state index contributed by atoms with van der Waals surface area (Å²) in [6.45, 7) is 7.78. The van der Waals surface area contributed by atoms with Gasteiger partial charge in [-0.2, -0.15) is 0 Å². The third kappa shape index (κ3) is 12.1. The second-order valence-corrected chi connectivity index (χ2v) is 5.36. The predicted octanol–water partition coefficient (Wildman–Crippen LogP) is 6.22. The van der Waals surface area contributed by atoms with E-state index in [0.717, 1.165) is 6.71 Å². The Morgan fingerprint density at radius 3 is 1.94 bits per heavy atom. The lowest BCUT2D eigenvalue weighted by Crippen LogP contribution is -2.10. The van der Waals surface area contributed by atoms with E-state index in [4.69, 9.17) is 0 Å². The van der Waals surface area contributed by atoms with Crippen LogP contribution in [0.1, 0.15) is 72.1 Å². The summed E-state index contributed by atoms with van der Waals surface area (Å²) in [4.78, 5) is 0. The molecule has 0 aliphatic carbocycles. The number of rotatable bonds is 12. The minimum Gasteiger partial charge on any atom is -0.0917 e. The van der Waals surface area contributed by atoms with Gasteiger partial charge in [0.05, 0.1) is 0 Å². The van der Waals surface area contributed by atoms with Crippen LogP contribution in [-0.4, -0.2) is 6.71 Å². The van der Waals surface area contributed by atoms with E-state index < -0.39 is 0 Å². The summed E-state index contributed by atoms with van der Waals surface area (Å²) in [7, 11) is 0. The number of hydrogen-bond acceptors (Lipinski definition) is 0. The van der Waals surface area contributed by atoms with Crippen LogP contribution in [0.3, 0.4) is 0 Å². The molecule has 0 N–H and O–H groups in total. The molecule has 0 aromatic carbocycles. The molecule has 0 fully saturated rings. The molecule has 0 atom stereocenters. The Morgan fingerprint density at radius 2 is 1.35 bits per heavy atom. The molecule has 17 heavy (non-hydrogen) atoms. The Hall–Kier alpha value is -0.195. The molecular formula is C16H33B. The van der Waals surface area contributed by atoms with Gasteiger partial charge in [0, 0.05) is 0 Å². The van der Waals surface area contributed by atoms with Crippen LogP contribution < -0.4 is 0 Å². The van der Waals surface area contributed by atoms with E-state index in [0.29, 0.717) is 0 Å². The van der Waals surface area contributed by atoms with Crippen molar-refractivity contribution in [2.24, 2.45) is 0 Å². The van der Waals surface area contributed by atoms with Crippen LogP contribution in [-0.2, 0) is 0 Å². The average Bonchev–Trinajstić information content (AvgIpc) is 2.33. The van der Waals surface area contributed by atoms with Crippen LogP contribution in [0.5, 0.6) is 0 Å². The van der Waals surface area contributed by atoms with Gasteiger partial charge in [-0.1, -0.05) is 83.5 Å². The lowest BCUT2D eigenvalue weighted by atomic mass is 9.41. The zero-order valence-electron chi connectivity index (χ0n) is 12.5. The highest BCUT2D eigenvalue weighted by atomic mass is 13.9. The molecule has 0 rings (SSSR count). The highest BCUT2D eigenvalue weighted by Gasteiger charge is 2.10. The van der Waals surface area contributed by atoms with Crippen LogP contribution in [0.25, 0.3) is 0 Å². The van der Waals surface area contributed by atoms with Crippen molar-refractivity contribution < 1.29 is 0 Å². The molecule has 0 saturated carbocycles. The fourth-order valence-electron chi connectivity index (χ4n) is 2.64. The minimum absolute atomic E-state index is 1.02. The third-order valence-electron chi connectivity index (χ3n) is 3.61. The van der Waals surface area contributed by atoms with Gasteiger partial charge in [0.1, 0.15) is 6.71 Å². The molecule has 0 saturated heterocycles. The van der Waals surface area contributed by atoms with E-state index in [9.17, 15) is 0 Å². The molecule has 0 nitrogen and oxygen atoms in total. The molecule has 0 aromatic heterocycles. The standard InChI is InChI=1S/C16H33B/c1-4-7-8-9-10-11-12-13-16-17(14-5-2)15-6-3/h4,7H,5-6,8-16H2,1-3H3/b7-4+. The van der Waals surface area contributed by atoms with Crippen molar-refractivity contribution in [2.45, 2.75) is 91.1 Å². The Kier molecular flexibility index (Phi) is 13.7. The largest absolute Gasteiger partial charge is 0.139 e. The summed E-state index contributed by atoms with van der Waals surface area (Å²) in [5.41, 5.74) is 0. The molecule has 0 bridgehead atoms. The Labute approximate surface area is 110 Å². The maximum absolute atomic E-state index is 2.32. The van der Waals surface area contributed by atoms with Crippen molar-refractivity contribution in [2.75, 3.05) is 0 Å². The number of allylic oxidation sites excluding steroid dienone is 2. The first-order valence-electron chi connectivity index (χ1n) is 7.96. The van der Waals surface area contributed by atoms with Gasteiger partial charge in [-0.3, -0.25) is 0 Å². The van der Waals surface area contributed by atoms with E-state index >= 15 is 0 Å². The van der Waals surface area contributed by atoms with E-state index in [1.54, 1.807) is 0 Å². The van der Waals surface area contributed by atoms with Crippen LogP contribution in [0.2, 0.25) is 19.0 Å². The SMILES string of the molecule is C/C=C/CCCCCCCB(CCC)CCC. The topological polar surface area (TPSA) is 0 Å². The van der Waals surface area contributed by atoms with E-state index in [1.165, 1.54) is 70.3 Å². The summed E-state index contributed by atoms with van der Waals surface area (Å²) < 4.78 is 0. The summed E-state index contributed by atoms with van der Waals surface area (Å²) in [6, 6.07) is 0. The second-order valence-electron chi connectivity index (χ2n) is 5.36. The smallest absolute Gasteiger partial charge is 0.0917 e. The molecular weight excluding hydrogens is 203 g/mol. The summed E-state index contributed by atoms with van der Waals surface area (Å²) in [5, 5.41) is 0. The monoisotopic (exact) mass is 236 g/mol. The molecule has 1 heteroatoms. The lowest BCUT2D eigenvalue weighted by molar-refractivity contribution is 0.634. The molecule has 0 amide bonds. The normalized spacial score (nSPS) is 11.2. The molecule has 0 spiro atoms. The van der Waals surface area contributed by atoms with E-state index in [2.05, 4.69) is 32.9 Å². The molecule has 100 valence electrons. The van der Waals surface area contributed by atoms with E-state index in [1.807, 2.05) is 0 Å². The highest BCUT2D eigenvalue weighted by Crippen LogP contribution is 2.16. The summed E-state index contributed by atoms with van der Waals surface area (Å²) in [6.07, 6.45) is 20.1. The minimum atomic E-state index is 1.02. The lowest BCUT2D eigenvalue weighted by Gasteiger charge is -2.11. The number of unbranched alkanes of at least 4 members (excludes halogenated alkanes) is 5. The molecule has 0 aliphatic rings. The van der Waals surface area contributed by atoms with Gasteiger partial charge in [0.15, 0.2) is 0 Å². The van der Waals surface area contributed by atoms with Crippen molar-refractivity contribution in [1.29, 1.82) is 0 Å². The zero-order chi connectivity index (χ0) is 12.8. The maximum Gasteiger partial charge on any atom is 0.139 e. The molecule has 0 radical (unpaired) electrons. The third-order valence-corrected chi connectivity index (χ3v) is 3.61. The van der Waals surface area contributed by atoms with Gasteiger partial charge in [0.2, 0.25) is 0 Å². The van der Waals surface area contributed by atoms with Crippen molar-refractivity contribution in [3.8, 4) is 0 Å². The summed E-state index contributed by atoms with van der Waals surface area (Å²) in [5.74, 6) is 0. The van der Waals surface area contributed by atoms with Crippen molar-refractivity contribution in [1.82, 2.24) is 0 Å². The highest BCUT2D eigenvalue weighted by molar-refractivity contribution is 6.58. The van der Waals surface area contributed by atoms with Crippen molar-refractivity contribution in [3.63, 3.8) is 0 Å². The molecule has 0 unspecified atom stereocenters. The molecule has 0 aliphatic heterocycles.